The molecule has 4 nitrogen and oxygen atoms in total. The van der Waals surface area contributed by atoms with Gasteiger partial charge in [-0.25, -0.2) is 0 Å². The number of furan rings is 1. The summed E-state index contributed by atoms with van der Waals surface area (Å²) in [5.41, 5.74) is 0. The first kappa shape index (κ1) is 13.8. The van der Waals surface area contributed by atoms with E-state index in [-0.39, 0.29) is 0 Å². The molecule has 3 atom stereocenters. The van der Waals surface area contributed by atoms with Crippen molar-refractivity contribution in [3.05, 3.63) is 24.2 Å². The molecule has 4 rings (SSSR count). The van der Waals surface area contributed by atoms with Crippen LogP contribution in [0.3, 0.4) is 0 Å². The number of hydrogen-bond donors (Lipinski definition) is 0. The summed E-state index contributed by atoms with van der Waals surface area (Å²) in [4.78, 5) is 5.14. The van der Waals surface area contributed by atoms with Crippen molar-refractivity contribution in [3.63, 3.8) is 0 Å². The molecule has 0 radical (unpaired) electrons. The fourth-order valence-electron chi connectivity index (χ4n) is 4.02. The van der Waals surface area contributed by atoms with Gasteiger partial charge in [0.2, 0.25) is 0 Å². The van der Waals surface area contributed by atoms with Crippen LogP contribution < -0.4 is 0 Å². The van der Waals surface area contributed by atoms with Crippen LogP contribution in [0, 0.1) is 5.92 Å². The zero-order chi connectivity index (χ0) is 14.2. The van der Waals surface area contributed by atoms with E-state index in [0.29, 0.717) is 18.2 Å². The molecule has 0 bridgehead atoms. The van der Waals surface area contributed by atoms with E-state index in [1.807, 2.05) is 6.07 Å². The number of likely N-dealkylation sites (tertiary alicyclic amines) is 1. The third-order valence-corrected chi connectivity index (χ3v) is 5.34. The van der Waals surface area contributed by atoms with Crippen molar-refractivity contribution in [2.45, 2.75) is 50.4 Å². The Labute approximate surface area is 127 Å². The van der Waals surface area contributed by atoms with Crippen LogP contribution in [-0.4, -0.2) is 54.7 Å². The minimum absolute atomic E-state index is 0.387. The Morgan fingerprint density at radius 2 is 2.24 bits per heavy atom. The third kappa shape index (κ3) is 2.89. The quantitative estimate of drug-likeness (QED) is 0.832. The lowest BCUT2D eigenvalue weighted by molar-refractivity contribution is -0.0387. The molecule has 0 amide bonds. The summed E-state index contributed by atoms with van der Waals surface area (Å²) in [6, 6.07) is 5.17. The highest BCUT2D eigenvalue weighted by molar-refractivity contribution is 5.04. The van der Waals surface area contributed by atoms with Gasteiger partial charge in [-0.05, 0) is 50.8 Å². The Bertz CT molecular complexity index is 457. The molecule has 1 aromatic rings. The molecule has 0 spiro atoms. The van der Waals surface area contributed by atoms with Gasteiger partial charge in [-0.1, -0.05) is 0 Å². The summed E-state index contributed by atoms with van der Waals surface area (Å²) in [7, 11) is 2.21. The molecule has 1 aromatic heterocycles. The van der Waals surface area contributed by atoms with Crippen LogP contribution in [-0.2, 0) is 11.3 Å². The molecule has 0 N–H and O–H groups in total. The predicted molar refractivity (Wildman–Crippen MR) is 81.0 cm³/mol. The van der Waals surface area contributed by atoms with E-state index in [0.717, 1.165) is 31.4 Å². The second-order valence-corrected chi connectivity index (χ2v) is 7.00. The summed E-state index contributed by atoms with van der Waals surface area (Å²) >= 11 is 0. The van der Waals surface area contributed by atoms with Crippen molar-refractivity contribution in [2.24, 2.45) is 5.92 Å². The van der Waals surface area contributed by atoms with Gasteiger partial charge >= 0.3 is 0 Å². The van der Waals surface area contributed by atoms with Crippen LogP contribution in [0.4, 0.5) is 0 Å². The highest BCUT2D eigenvalue weighted by Crippen LogP contribution is 2.36. The maximum absolute atomic E-state index is 6.17. The molecular weight excluding hydrogens is 264 g/mol. The van der Waals surface area contributed by atoms with Crippen LogP contribution in [0.25, 0.3) is 0 Å². The Kier molecular flexibility index (Phi) is 3.78. The number of likely N-dealkylation sites (N-methyl/N-ethyl adjacent to an activating group) is 1. The summed E-state index contributed by atoms with van der Waals surface area (Å²) in [6.07, 6.45) is 7.54. The maximum atomic E-state index is 6.17. The highest BCUT2D eigenvalue weighted by Gasteiger charge is 2.46. The fraction of sp³-hybridized carbons (Fsp3) is 0.765. The number of ether oxygens (including phenoxy) is 1. The third-order valence-electron chi connectivity index (χ3n) is 5.34. The van der Waals surface area contributed by atoms with Crippen molar-refractivity contribution < 1.29 is 9.15 Å². The van der Waals surface area contributed by atoms with Crippen molar-refractivity contribution >= 4 is 0 Å². The average molecular weight is 290 g/mol. The van der Waals surface area contributed by atoms with Gasteiger partial charge in [-0.2, -0.15) is 0 Å². The fourth-order valence-corrected chi connectivity index (χ4v) is 4.02. The molecule has 1 aliphatic carbocycles. The lowest BCUT2D eigenvalue weighted by atomic mass is 10.00. The van der Waals surface area contributed by atoms with Crippen LogP contribution in [0.2, 0.25) is 0 Å². The Hall–Kier alpha value is -0.840. The van der Waals surface area contributed by atoms with Gasteiger partial charge in [0.15, 0.2) is 0 Å². The predicted octanol–water partition coefficient (Wildman–Crippen LogP) is 2.35. The van der Waals surface area contributed by atoms with Crippen molar-refractivity contribution in [1.29, 1.82) is 0 Å². The van der Waals surface area contributed by atoms with E-state index in [2.05, 4.69) is 22.9 Å². The van der Waals surface area contributed by atoms with Crippen molar-refractivity contribution in [2.75, 3.05) is 26.7 Å². The Morgan fingerprint density at radius 3 is 3.00 bits per heavy atom. The standard InChI is InChI=1S/C17H26N2O2/c1-18(11-14-4-2-8-20-14)16-12-19(10-13-6-7-13)15-5-3-9-21-17(15)16/h2,4,8,13,15-17H,3,5-7,9-12H2,1H3/t15-,16-,17+/m1/s1. The van der Waals surface area contributed by atoms with Crippen molar-refractivity contribution in [1.82, 2.24) is 9.80 Å². The molecule has 0 unspecified atom stereocenters. The van der Waals surface area contributed by atoms with Gasteiger partial charge < -0.3 is 9.15 Å². The van der Waals surface area contributed by atoms with Gasteiger partial charge in [-0.3, -0.25) is 9.80 Å². The number of rotatable bonds is 5. The topological polar surface area (TPSA) is 28.9 Å². The first-order valence-corrected chi connectivity index (χ1v) is 8.39. The van der Waals surface area contributed by atoms with Crippen LogP contribution in [0.15, 0.2) is 22.8 Å². The highest BCUT2D eigenvalue weighted by atomic mass is 16.5. The van der Waals surface area contributed by atoms with E-state index < -0.39 is 0 Å². The van der Waals surface area contributed by atoms with Crippen LogP contribution in [0.5, 0.6) is 0 Å². The second-order valence-electron chi connectivity index (χ2n) is 7.00. The van der Waals surface area contributed by atoms with Crippen molar-refractivity contribution in [3.8, 4) is 0 Å². The largest absolute Gasteiger partial charge is 0.468 e. The molecule has 2 aliphatic heterocycles. The SMILES string of the molecule is CN(Cc1ccco1)[C@@H]1CN(CC2CC2)[C@@H]2CCCO[C@H]12. The number of nitrogens with zero attached hydrogens (tertiary/aromatic N) is 2. The summed E-state index contributed by atoms with van der Waals surface area (Å²) in [5.74, 6) is 2.01. The Morgan fingerprint density at radius 1 is 1.33 bits per heavy atom. The normalized spacial score (nSPS) is 33.5. The summed E-state index contributed by atoms with van der Waals surface area (Å²) in [5, 5.41) is 0. The maximum Gasteiger partial charge on any atom is 0.117 e. The van der Waals surface area contributed by atoms with Crippen LogP contribution >= 0.6 is 0 Å². The van der Waals surface area contributed by atoms with Gasteiger partial charge in [0.1, 0.15) is 5.76 Å². The lowest BCUT2D eigenvalue weighted by Crippen LogP contribution is -2.46. The molecule has 2 saturated heterocycles. The molecule has 21 heavy (non-hydrogen) atoms. The minimum atomic E-state index is 0.387. The first-order chi connectivity index (χ1) is 10.3. The van der Waals surface area contributed by atoms with Gasteiger partial charge in [-0.15, -0.1) is 0 Å². The number of hydrogen-bond acceptors (Lipinski definition) is 4. The molecular formula is C17H26N2O2. The average Bonchev–Trinajstić information content (AvgIpc) is 3.02. The molecule has 116 valence electrons. The summed E-state index contributed by atoms with van der Waals surface area (Å²) in [6.45, 7) is 4.25. The van der Waals surface area contributed by atoms with E-state index in [4.69, 9.17) is 9.15 Å². The molecule has 3 fully saturated rings. The van der Waals surface area contributed by atoms with E-state index in [9.17, 15) is 0 Å². The van der Waals surface area contributed by atoms with Gasteiger partial charge in [0, 0.05) is 25.7 Å². The van der Waals surface area contributed by atoms with E-state index in [1.54, 1.807) is 6.26 Å². The smallest absolute Gasteiger partial charge is 0.117 e. The van der Waals surface area contributed by atoms with Gasteiger partial charge in [0.05, 0.1) is 25.0 Å². The zero-order valence-electron chi connectivity index (χ0n) is 12.9. The van der Waals surface area contributed by atoms with Crippen LogP contribution in [0.1, 0.15) is 31.4 Å². The molecule has 1 saturated carbocycles. The zero-order valence-corrected chi connectivity index (χ0v) is 12.9. The summed E-state index contributed by atoms with van der Waals surface area (Å²) < 4.78 is 11.7. The minimum Gasteiger partial charge on any atom is -0.468 e. The molecule has 4 heteroatoms. The monoisotopic (exact) mass is 290 g/mol. The number of fused-ring (bicyclic) bond motifs is 1. The lowest BCUT2D eigenvalue weighted by Gasteiger charge is -2.34. The van der Waals surface area contributed by atoms with E-state index >= 15 is 0 Å². The molecule has 0 aromatic carbocycles. The molecule has 3 heterocycles. The molecule has 3 aliphatic rings. The first-order valence-electron chi connectivity index (χ1n) is 8.39. The van der Waals surface area contributed by atoms with Gasteiger partial charge in [0.25, 0.3) is 0 Å². The second kappa shape index (κ2) is 5.75. The van der Waals surface area contributed by atoms with E-state index in [1.165, 1.54) is 32.2 Å². The Balaban J connectivity index is 1.45.